The minimum atomic E-state index is -0.464. The molecule has 0 bridgehead atoms. The molecule has 0 unspecified atom stereocenters. The number of ether oxygens (including phenoxy) is 2. The number of carbonyl (C=O) groups excluding carboxylic acids is 2. The lowest BCUT2D eigenvalue weighted by Gasteiger charge is -2.10. The molecule has 2 aromatic carbocycles. The summed E-state index contributed by atoms with van der Waals surface area (Å²) in [6, 6.07) is 16.3. The third-order valence-electron chi connectivity index (χ3n) is 3.04. The van der Waals surface area contributed by atoms with Crippen molar-refractivity contribution in [3.8, 4) is 0 Å². The molecule has 0 atom stereocenters. The van der Waals surface area contributed by atoms with E-state index < -0.39 is 5.97 Å². The number of carbonyl (C=O) groups is 2. The van der Waals surface area contributed by atoms with E-state index >= 15 is 0 Å². The van der Waals surface area contributed by atoms with Crippen molar-refractivity contribution >= 4 is 17.6 Å². The molecule has 5 heteroatoms. The van der Waals surface area contributed by atoms with Gasteiger partial charge in [0.1, 0.15) is 6.61 Å². The van der Waals surface area contributed by atoms with Crippen molar-refractivity contribution in [2.45, 2.75) is 13.5 Å². The lowest BCUT2D eigenvalue weighted by Crippen LogP contribution is -2.20. The van der Waals surface area contributed by atoms with E-state index in [0.29, 0.717) is 17.9 Å². The Hall–Kier alpha value is -2.66. The molecule has 0 saturated heterocycles. The predicted molar refractivity (Wildman–Crippen MR) is 87.1 cm³/mol. The molecule has 0 saturated carbocycles. The van der Waals surface area contributed by atoms with Crippen molar-refractivity contribution in [1.29, 1.82) is 0 Å². The number of amides is 1. The number of esters is 1. The van der Waals surface area contributed by atoms with Crippen LogP contribution in [0.2, 0.25) is 0 Å². The fraction of sp³-hybridized carbons (Fsp3) is 0.222. The van der Waals surface area contributed by atoms with Crippen LogP contribution < -0.4 is 5.32 Å². The minimum Gasteiger partial charge on any atom is -0.462 e. The summed E-state index contributed by atoms with van der Waals surface area (Å²) < 4.78 is 10.3. The van der Waals surface area contributed by atoms with Crippen LogP contribution in [0.15, 0.2) is 54.6 Å². The zero-order valence-electron chi connectivity index (χ0n) is 13.0. The van der Waals surface area contributed by atoms with Gasteiger partial charge in [0.25, 0.3) is 0 Å². The molecule has 120 valence electrons. The summed E-state index contributed by atoms with van der Waals surface area (Å²) in [6.45, 7) is 2.28. The van der Waals surface area contributed by atoms with Gasteiger partial charge in [-0.3, -0.25) is 4.79 Å². The Morgan fingerprint density at radius 3 is 2.43 bits per heavy atom. The summed E-state index contributed by atoms with van der Waals surface area (Å²) in [5.41, 5.74) is 1.73. The summed E-state index contributed by atoms with van der Waals surface area (Å²) in [5.74, 6) is -0.786. The summed E-state index contributed by atoms with van der Waals surface area (Å²) >= 11 is 0. The van der Waals surface area contributed by atoms with Gasteiger partial charge in [-0.05, 0) is 24.6 Å². The first-order valence-corrected chi connectivity index (χ1v) is 7.38. The lowest BCUT2D eigenvalue weighted by atomic mass is 10.2. The van der Waals surface area contributed by atoms with Gasteiger partial charge < -0.3 is 14.8 Å². The van der Waals surface area contributed by atoms with E-state index in [0.717, 1.165) is 5.56 Å². The number of hydrogen-bond acceptors (Lipinski definition) is 4. The van der Waals surface area contributed by atoms with E-state index in [2.05, 4.69) is 5.32 Å². The molecule has 0 aliphatic rings. The quantitative estimate of drug-likeness (QED) is 0.798. The maximum atomic E-state index is 11.9. The van der Waals surface area contributed by atoms with Gasteiger partial charge in [0.15, 0.2) is 0 Å². The van der Waals surface area contributed by atoms with E-state index in [4.69, 9.17) is 9.47 Å². The maximum absolute atomic E-state index is 11.9. The molecule has 0 spiro atoms. The average molecular weight is 313 g/mol. The van der Waals surface area contributed by atoms with Gasteiger partial charge in [0, 0.05) is 0 Å². The SMILES string of the molecule is CCOC(=O)c1ccccc1NC(=O)COCc1ccccc1. The fourth-order valence-corrected chi connectivity index (χ4v) is 2.00. The second kappa shape index (κ2) is 8.70. The molecule has 0 aromatic heterocycles. The number of para-hydroxylation sites is 1. The summed E-state index contributed by atoms with van der Waals surface area (Å²) in [5, 5.41) is 2.67. The van der Waals surface area contributed by atoms with Crippen molar-refractivity contribution in [1.82, 2.24) is 0 Å². The van der Waals surface area contributed by atoms with Crippen LogP contribution in [0.25, 0.3) is 0 Å². The van der Waals surface area contributed by atoms with Gasteiger partial charge in [0.2, 0.25) is 5.91 Å². The highest BCUT2D eigenvalue weighted by Crippen LogP contribution is 2.16. The van der Waals surface area contributed by atoms with E-state index in [1.807, 2.05) is 30.3 Å². The zero-order valence-corrected chi connectivity index (χ0v) is 13.0. The van der Waals surface area contributed by atoms with Crippen LogP contribution in [0.4, 0.5) is 5.69 Å². The molecule has 0 heterocycles. The van der Waals surface area contributed by atoms with Gasteiger partial charge in [-0.25, -0.2) is 4.79 Å². The minimum absolute atomic E-state index is 0.0912. The van der Waals surface area contributed by atoms with Crippen LogP contribution in [0.5, 0.6) is 0 Å². The Morgan fingerprint density at radius 1 is 1.00 bits per heavy atom. The van der Waals surface area contributed by atoms with Gasteiger partial charge in [0.05, 0.1) is 24.5 Å². The number of nitrogens with one attached hydrogen (secondary N) is 1. The third kappa shape index (κ3) is 5.23. The van der Waals surface area contributed by atoms with E-state index in [9.17, 15) is 9.59 Å². The largest absolute Gasteiger partial charge is 0.462 e. The van der Waals surface area contributed by atoms with Crippen LogP contribution in [0, 0.1) is 0 Å². The van der Waals surface area contributed by atoms with Gasteiger partial charge in [-0.2, -0.15) is 0 Å². The highest BCUT2D eigenvalue weighted by atomic mass is 16.5. The molecule has 0 aliphatic carbocycles. The molecule has 2 aromatic rings. The fourth-order valence-electron chi connectivity index (χ4n) is 2.00. The maximum Gasteiger partial charge on any atom is 0.340 e. The standard InChI is InChI=1S/C18H19NO4/c1-2-23-18(21)15-10-6-7-11-16(15)19-17(20)13-22-12-14-8-4-3-5-9-14/h3-11H,2,12-13H2,1H3,(H,19,20). The smallest absolute Gasteiger partial charge is 0.340 e. The first-order valence-electron chi connectivity index (χ1n) is 7.38. The predicted octanol–water partition coefficient (Wildman–Crippen LogP) is 3.02. The Kier molecular flexibility index (Phi) is 6.32. The summed E-state index contributed by atoms with van der Waals surface area (Å²) in [6.07, 6.45) is 0. The molecule has 1 N–H and O–H groups in total. The molecule has 0 aliphatic heterocycles. The molecule has 23 heavy (non-hydrogen) atoms. The molecular formula is C18H19NO4. The van der Waals surface area contributed by atoms with Crippen molar-refractivity contribution < 1.29 is 19.1 Å². The number of anilines is 1. The Bertz CT molecular complexity index is 655. The zero-order chi connectivity index (χ0) is 16.5. The number of rotatable bonds is 7. The number of benzene rings is 2. The second-order valence-corrected chi connectivity index (χ2v) is 4.79. The van der Waals surface area contributed by atoms with Crippen LogP contribution in [-0.2, 0) is 20.9 Å². The van der Waals surface area contributed by atoms with Gasteiger partial charge in [-0.1, -0.05) is 42.5 Å². The first kappa shape index (κ1) is 16.7. The van der Waals surface area contributed by atoms with Gasteiger partial charge in [-0.15, -0.1) is 0 Å². The van der Waals surface area contributed by atoms with Crippen molar-refractivity contribution in [2.75, 3.05) is 18.5 Å². The molecule has 0 radical (unpaired) electrons. The molecular weight excluding hydrogens is 294 g/mol. The van der Waals surface area contributed by atoms with Crippen molar-refractivity contribution in [3.63, 3.8) is 0 Å². The Balaban J connectivity index is 1.89. The molecule has 5 nitrogen and oxygen atoms in total. The average Bonchev–Trinajstić information content (AvgIpc) is 2.56. The van der Waals surface area contributed by atoms with Crippen LogP contribution in [-0.4, -0.2) is 25.1 Å². The van der Waals surface area contributed by atoms with E-state index in [1.165, 1.54) is 0 Å². The number of hydrogen-bond donors (Lipinski definition) is 1. The second-order valence-electron chi connectivity index (χ2n) is 4.79. The highest BCUT2D eigenvalue weighted by molar-refractivity contribution is 6.01. The highest BCUT2D eigenvalue weighted by Gasteiger charge is 2.13. The van der Waals surface area contributed by atoms with Crippen molar-refractivity contribution in [2.24, 2.45) is 0 Å². The van der Waals surface area contributed by atoms with Crippen LogP contribution >= 0.6 is 0 Å². The topological polar surface area (TPSA) is 64.6 Å². The Morgan fingerprint density at radius 2 is 1.70 bits per heavy atom. The molecule has 1 amide bonds. The van der Waals surface area contributed by atoms with Gasteiger partial charge >= 0.3 is 5.97 Å². The monoisotopic (exact) mass is 313 g/mol. The van der Waals surface area contributed by atoms with E-state index in [-0.39, 0.29) is 19.1 Å². The third-order valence-corrected chi connectivity index (χ3v) is 3.04. The summed E-state index contributed by atoms with van der Waals surface area (Å²) in [4.78, 5) is 23.8. The molecule has 0 fully saturated rings. The normalized spacial score (nSPS) is 10.1. The van der Waals surface area contributed by atoms with E-state index in [1.54, 1.807) is 31.2 Å². The first-order chi connectivity index (χ1) is 11.2. The summed E-state index contributed by atoms with van der Waals surface area (Å²) in [7, 11) is 0. The van der Waals surface area contributed by atoms with Crippen molar-refractivity contribution in [3.05, 3.63) is 65.7 Å². The Labute approximate surface area is 135 Å². The van der Waals surface area contributed by atoms with Crippen LogP contribution in [0.1, 0.15) is 22.8 Å². The van der Waals surface area contributed by atoms with Crippen LogP contribution in [0.3, 0.4) is 0 Å². The lowest BCUT2D eigenvalue weighted by molar-refractivity contribution is -0.121. The molecule has 2 rings (SSSR count).